The molecule has 0 aliphatic carbocycles. The van der Waals surface area contributed by atoms with Crippen molar-refractivity contribution >= 4 is 50.8 Å². The summed E-state index contributed by atoms with van der Waals surface area (Å²) in [4.78, 5) is 2.89. The number of thiophene rings is 1. The maximum Gasteiger partial charge on any atom is 0.135 e. The van der Waals surface area contributed by atoms with E-state index >= 15 is 0 Å². The van der Waals surface area contributed by atoms with E-state index in [0.717, 1.165) is 43.2 Å². The van der Waals surface area contributed by atoms with Gasteiger partial charge in [0.05, 0.1) is 24.9 Å². The number of benzene rings is 3. The number of nitrogens with zero attached hydrogens (tertiary/aromatic N) is 2. The first-order valence-corrected chi connectivity index (χ1v) is 15.1. The van der Waals surface area contributed by atoms with Gasteiger partial charge in [0, 0.05) is 54.3 Å². The molecule has 1 unspecified atom stereocenters. The van der Waals surface area contributed by atoms with E-state index in [4.69, 9.17) is 9.47 Å². The second-order valence-electron chi connectivity index (χ2n) is 8.89. The van der Waals surface area contributed by atoms with Crippen molar-refractivity contribution in [3.8, 4) is 32.4 Å². The molecule has 0 saturated heterocycles. The molecule has 1 aliphatic rings. The van der Waals surface area contributed by atoms with Crippen LogP contribution in [-0.2, 0) is 0 Å². The first-order valence-electron chi connectivity index (χ1n) is 12.6. The molecule has 0 amide bonds. The molecule has 4 nitrogen and oxygen atoms in total. The number of aromatic nitrogens is 2. The number of halogens is 2. The predicted octanol–water partition coefficient (Wildman–Crippen LogP) is 9.38. The Balaban J connectivity index is 1.26. The average Bonchev–Trinajstić information content (AvgIpc) is 3.70. The lowest BCUT2D eigenvalue weighted by Gasteiger charge is -2.13. The van der Waals surface area contributed by atoms with Crippen molar-refractivity contribution in [3.05, 3.63) is 89.5 Å². The quantitative estimate of drug-likeness (QED) is 0.184. The number of hydrogen-bond donors (Lipinski definition) is 0. The molecule has 198 valence electrons. The summed E-state index contributed by atoms with van der Waals surface area (Å²) in [5, 5.41) is -0.0131. The van der Waals surface area contributed by atoms with E-state index in [0.29, 0.717) is 35.8 Å². The number of fused-ring (bicyclic) bond motifs is 1. The molecular formula is C30H24F2N2O2S3. The zero-order valence-electron chi connectivity index (χ0n) is 21.2. The van der Waals surface area contributed by atoms with Crippen molar-refractivity contribution in [2.75, 3.05) is 13.2 Å². The fourth-order valence-corrected chi connectivity index (χ4v) is 7.63. The van der Waals surface area contributed by atoms with Crippen molar-refractivity contribution in [3.63, 3.8) is 0 Å². The summed E-state index contributed by atoms with van der Waals surface area (Å²) in [5.74, 6) is 0.506. The first kappa shape index (κ1) is 26.0. The summed E-state index contributed by atoms with van der Waals surface area (Å²) in [7, 11) is 0. The summed E-state index contributed by atoms with van der Waals surface area (Å²) >= 11 is 4.34. The Morgan fingerprint density at radius 3 is 2.08 bits per heavy atom. The van der Waals surface area contributed by atoms with Gasteiger partial charge in [-0.3, -0.25) is 0 Å². The zero-order chi connectivity index (χ0) is 26.9. The highest BCUT2D eigenvalue weighted by atomic mass is 32.2. The van der Waals surface area contributed by atoms with E-state index in [2.05, 4.69) is 27.0 Å². The van der Waals surface area contributed by atoms with E-state index < -0.39 is 0 Å². The van der Waals surface area contributed by atoms with Crippen LogP contribution in [0.4, 0.5) is 8.78 Å². The van der Waals surface area contributed by atoms with Gasteiger partial charge in [0.1, 0.15) is 34.2 Å². The third-order valence-electron chi connectivity index (χ3n) is 6.49. The molecule has 0 radical (unpaired) electrons. The summed E-state index contributed by atoms with van der Waals surface area (Å²) in [6, 6.07) is 18.1. The van der Waals surface area contributed by atoms with Gasteiger partial charge in [0.2, 0.25) is 0 Å². The molecule has 1 aliphatic heterocycles. The Morgan fingerprint density at radius 1 is 0.769 bits per heavy atom. The van der Waals surface area contributed by atoms with Gasteiger partial charge in [-0.15, -0.1) is 23.1 Å². The van der Waals surface area contributed by atoms with Crippen molar-refractivity contribution < 1.29 is 18.3 Å². The van der Waals surface area contributed by atoms with E-state index in [-0.39, 0.29) is 16.9 Å². The summed E-state index contributed by atoms with van der Waals surface area (Å²) in [6.45, 7) is 4.75. The molecule has 0 fully saturated rings. The zero-order valence-corrected chi connectivity index (χ0v) is 23.7. The minimum Gasteiger partial charge on any atom is -0.494 e. The highest BCUT2D eigenvalue weighted by Gasteiger charge is 2.26. The van der Waals surface area contributed by atoms with Crippen LogP contribution in [0.5, 0.6) is 11.5 Å². The normalized spacial score (nSPS) is 15.1. The van der Waals surface area contributed by atoms with Crippen LogP contribution in [0.1, 0.15) is 36.6 Å². The summed E-state index contributed by atoms with van der Waals surface area (Å²) in [6.07, 6.45) is 2.88. The molecule has 0 N–H and O–H groups in total. The van der Waals surface area contributed by atoms with Crippen molar-refractivity contribution in [2.24, 2.45) is 0 Å². The monoisotopic (exact) mass is 578 g/mol. The maximum atomic E-state index is 14.8. The molecule has 0 saturated carbocycles. The number of allylic oxidation sites excluding steroid dienone is 1. The van der Waals surface area contributed by atoms with Crippen LogP contribution < -0.4 is 9.47 Å². The Bertz CT molecular complexity index is 1700. The van der Waals surface area contributed by atoms with E-state index in [9.17, 15) is 8.78 Å². The molecule has 1 atom stereocenters. The van der Waals surface area contributed by atoms with Crippen LogP contribution >= 0.6 is 34.8 Å². The molecule has 3 aromatic carbocycles. The maximum absolute atomic E-state index is 14.8. The average molecular weight is 579 g/mol. The van der Waals surface area contributed by atoms with Crippen LogP contribution in [0.15, 0.2) is 66.7 Å². The van der Waals surface area contributed by atoms with Crippen LogP contribution in [0, 0.1) is 11.6 Å². The number of rotatable bonds is 8. The van der Waals surface area contributed by atoms with Gasteiger partial charge in [0.25, 0.3) is 0 Å². The minimum absolute atomic E-state index is 0.0131. The molecule has 0 spiro atoms. The molecule has 9 heteroatoms. The second-order valence-corrected chi connectivity index (χ2v) is 11.7. The van der Waals surface area contributed by atoms with E-state index in [1.54, 1.807) is 23.9 Å². The first-order chi connectivity index (χ1) is 19.1. The third kappa shape index (κ3) is 5.06. The van der Waals surface area contributed by atoms with Crippen LogP contribution in [0.25, 0.3) is 36.8 Å². The van der Waals surface area contributed by atoms with Gasteiger partial charge in [-0.25, -0.2) is 8.78 Å². The van der Waals surface area contributed by atoms with Gasteiger partial charge >= 0.3 is 0 Å². The Hall–Kier alpha value is -3.27. The van der Waals surface area contributed by atoms with Crippen LogP contribution in [0.3, 0.4) is 0 Å². The SMILES string of the molecule is CCOc1ccc(-c2ccc(-c3ccc(C4=CCC(c5ccc(OCC)cc5F)S4)c4nsnc34)s2)c(F)c1. The van der Waals surface area contributed by atoms with Gasteiger partial charge < -0.3 is 9.47 Å². The number of thioether (sulfide) groups is 1. The van der Waals surface area contributed by atoms with Crippen LogP contribution in [-0.4, -0.2) is 22.0 Å². The lowest BCUT2D eigenvalue weighted by Crippen LogP contribution is -1.97. The Labute approximate surface area is 237 Å². The van der Waals surface area contributed by atoms with Crippen molar-refractivity contribution in [1.29, 1.82) is 0 Å². The van der Waals surface area contributed by atoms with Crippen LogP contribution in [0.2, 0.25) is 0 Å². The highest BCUT2D eigenvalue weighted by Crippen LogP contribution is 2.51. The summed E-state index contributed by atoms with van der Waals surface area (Å²) < 4.78 is 49.7. The van der Waals surface area contributed by atoms with Crippen molar-refractivity contribution in [1.82, 2.24) is 8.75 Å². The largest absolute Gasteiger partial charge is 0.494 e. The van der Waals surface area contributed by atoms with E-state index in [1.807, 2.05) is 38.1 Å². The van der Waals surface area contributed by atoms with Gasteiger partial charge in [-0.2, -0.15) is 8.75 Å². The van der Waals surface area contributed by atoms with Crippen molar-refractivity contribution in [2.45, 2.75) is 25.5 Å². The molecule has 39 heavy (non-hydrogen) atoms. The number of hydrogen-bond acceptors (Lipinski definition) is 7. The number of ether oxygens (including phenoxy) is 2. The molecule has 3 heterocycles. The summed E-state index contributed by atoms with van der Waals surface area (Å²) in [5.41, 5.74) is 4.81. The fraction of sp³-hybridized carbons (Fsp3) is 0.200. The van der Waals surface area contributed by atoms with Gasteiger partial charge in [-0.05, 0) is 50.6 Å². The second kappa shape index (κ2) is 11.1. The van der Waals surface area contributed by atoms with Gasteiger partial charge in [0.15, 0.2) is 0 Å². The fourth-order valence-electron chi connectivity index (χ4n) is 4.70. The van der Waals surface area contributed by atoms with E-state index in [1.165, 1.54) is 35.2 Å². The molecule has 6 rings (SSSR count). The predicted molar refractivity (Wildman–Crippen MR) is 158 cm³/mol. The standard InChI is InChI=1S/C30H24F2N2O2S3/c1-3-35-17-5-7-19(23(31)15-17)25-11-13-27(37-25)21-9-10-22(30-29(21)33-39-34-30)28-14-12-26(38-28)20-8-6-18(36-4-2)16-24(20)32/h5-11,13-16,26H,3-4,12H2,1-2H3. The Morgan fingerprint density at radius 2 is 1.38 bits per heavy atom. The smallest absolute Gasteiger partial charge is 0.135 e. The third-order valence-corrected chi connectivity index (χ3v) is 9.54. The lowest BCUT2D eigenvalue weighted by molar-refractivity contribution is 0.338. The molecule has 0 bridgehead atoms. The molecular weight excluding hydrogens is 555 g/mol. The Kier molecular flexibility index (Phi) is 7.38. The molecule has 5 aromatic rings. The highest BCUT2D eigenvalue weighted by molar-refractivity contribution is 8.08. The minimum atomic E-state index is -0.311. The molecule has 2 aromatic heterocycles. The topological polar surface area (TPSA) is 44.2 Å². The van der Waals surface area contributed by atoms with Gasteiger partial charge in [-0.1, -0.05) is 24.3 Å². The lowest BCUT2D eigenvalue weighted by atomic mass is 10.0.